The summed E-state index contributed by atoms with van der Waals surface area (Å²) in [4.78, 5) is 12.6. The molecule has 0 aliphatic carbocycles. The molecule has 29 heavy (non-hydrogen) atoms. The predicted octanol–water partition coefficient (Wildman–Crippen LogP) is 3.35. The standard InChI is InChI=1S/C22H25N3O4/c1-14-6-8-19(27-3)16(10-14)18-12-17(24-25(18)2)22(26)23-13-15-7-9-20(28-4)21(11-15)29-5/h6-12H,13H2,1-5H3,(H,23,26). The lowest BCUT2D eigenvalue weighted by Gasteiger charge is -2.10. The van der Waals surface area contributed by atoms with E-state index in [1.165, 1.54) is 0 Å². The third-order valence-corrected chi connectivity index (χ3v) is 4.64. The van der Waals surface area contributed by atoms with Crippen LogP contribution in [-0.2, 0) is 13.6 Å². The highest BCUT2D eigenvalue weighted by atomic mass is 16.5. The largest absolute Gasteiger partial charge is 0.496 e. The Hall–Kier alpha value is -3.48. The van der Waals surface area contributed by atoms with Crippen molar-refractivity contribution in [3.05, 3.63) is 59.3 Å². The first-order chi connectivity index (χ1) is 14.0. The quantitative estimate of drug-likeness (QED) is 0.664. The average molecular weight is 395 g/mol. The highest BCUT2D eigenvalue weighted by Crippen LogP contribution is 2.31. The first-order valence-corrected chi connectivity index (χ1v) is 9.15. The van der Waals surface area contributed by atoms with Gasteiger partial charge >= 0.3 is 0 Å². The van der Waals surface area contributed by atoms with Crippen molar-refractivity contribution >= 4 is 5.91 Å². The number of hydrogen-bond donors (Lipinski definition) is 1. The zero-order valence-corrected chi connectivity index (χ0v) is 17.3. The van der Waals surface area contributed by atoms with Crippen LogP contribution in [0.25, 0.3) is 11.3 Å². The van der Waals surface area contributed by atoms with E-state index in [4.69, 9.17) is 14.2 Å². The molecule has 152 valence electrons. The Balaban J connectivity index is 1.78. The topological polar surface area (TPSA) is 74.6 Å². The summed E-state index contributed by atoms with van der Waals surface area (Å²) in [5.41, 5.74) is 4.03. The maximum absolute atomic E-state index is 12.6. The van der Waals surface area contributed by atoms with Crippen LogP contribution >= 0.6 is 0 Å². The zero-order chi connectivity index (χ0) is 21.0. The van der Waals surface area contributed by atoms with Gasteiger partial charge in [0.1, 0.15) is 5.75 Å². The molecule has 1 heterocycles. The Labute approximate surface area is 170 Å². The monoisotopic (exact) mass is 395 g/mol. The van der Waals surface area contributed by atoms with Crippen LogP contribution in [0.4, 0.5) is 0 Å². The normalized spacial score (nSPS) is 10.5. The number of benzene rings is 2. The molecule has 0 saturated carbocycles. The molecule has 3 rings (SSSR count). The summed E-state index contributed by atoms with van der Waals surface area (Å²) in [7, 11) is 6.60. The maximum atomic E-state index is 12.6. The molecular formula is C22H25N3O4. The van der Waals surface area contributed by atoms with Crippen molar-refractivity contribution < 1.29 is 19.0 Å². The van der Waals surface area contributed by atoms with Crippen LogP contribution in [0.3, 0.4) is 0 Å². The first kappa shape index (κ1) is 20.3. The van der Waals surface area contributed by atoms with Crippen molar-refractivity contribution in [2.24, 2.45) is 7.05 Å². The molecule has 0 aliphatic heterocycles. The second-order valence-electron chi connectivity index (χ2n) is 6.61. The molecule has 7 heteroatoms. The van der Waals surface area contributed by atoms with Crippen LogP contribution in [0, 0.1) is 6.92 Å². The van der Waals surface area contributed by atoms with Crippen molar-refractivity contribution in [3.63, 3.8) is 0 Å². The van der Waals surface area contributed by atoms with Crippen molar-refractivity contribution in [2.75, 3.05) is 21.3 Å². The van der Waals surface area contributed by atoms with Gasteiger partial charge in [-0.15, -0.1) is 0 Å². The van der Waals surface area contributed by atoms with E-state index in [2.05, 4.69) is 10.4 Å². The van der Waals surface area contributed by atoms with E-state index in [0.29, 0.717) is 23.7 Å². The van der Waals surface area contributed by atoms with Crippen molar-refractivity contribution in [1.29, 1.82) is 0 Å². The Morgan fingerprint density at radius 1 is 0.966 bits per heavy atom. The van der Waals surface area contributed by atoms with Crippen molar-refractivity contribution in [2.45, 2.75) is 13.5 Å². The van der Waals surface area contributed by atoms with Crippen molar-refractivity contribution in [1.82, 2.24) is 15.1 Å². The number of carbonyl (C=O) groups excluding carboxylic acids is 1. The fourth-order valence-electron chi connectivity index (χ4n) is 3.12. The second-order valence-corrected chi connectivity index (χ2v) is 6.61. The summed E-state index contributed by atoms with van der Waals surface area (Å²) in [6, 6.07) is 13.2. The van der Waals surface area contributed by atoms with Crippen LogP contribution in [0.5, 0.6) is 17.2 Å². The van der Waals surface area contributed by atoms with E-state index < -0.39 is 0 Å². The van der Waals surface area contributed by atoms with E-state index >= 15 is 0 Å². The molecule has 0 saturated heterocycles. The Morgan fingerprint density at radius 2 is 1.66 bits per heavy atom. The highest BCUT2D eigenvalue weighted by molar-refractivity contribution is 5.93. The minimum absolute atomic E-state index is 0.256. The molecule has 2 aromatic carbocycles. The fourth-order valence-corrected chi connectivity index (χ4v) is 3.12. The fraction of sp³-hybridized carbons (Fsp3) is 0.273. The lowest BCUT2D eigenvalue weighted by Crippen LogP contribution is -2.23. The van der Waals surface area contributed by atoms with Gasteiger partial charge in [-0.2, -0.15) is 5.10 Å². The number of nitrogens with one attached hydrogen (secondary N) is 1. The molecule has 0 atom stereocenters. The minimum Gasteiger partial charge on any atom is -0.496 e. The molecule has 1 amide bonds. The number of aryl methyl sites for hydroxylation is 2. The van der Waals surface area contributed by atoms with E-state index in [0.717, 1.165) is 28.1 Å². The SMILES string of the molecule is COc1ccc(CNC(=O)c2cc(-c3cc(C)ccc3OC)n(C)n2)cc1OC. The van der Waals surface area contributed by atoms with Gasteiger partial charge in [0.2, 0.25) is 0 Å². The summed E-state index contributed by atoms with van der Waals surface area (Å²) >= 11 is 0. The number of methoxy groups -OCH3 is 3. The molecule has 1 N–H and O–H groups in total. The maximum Gasteiger partial charge on any atom is 0.272 e. The number of ether oxygens (including phenoxy) is 3. The Morgan fingerprint density at radius 3 is 2.34 bits per heavy atom. The van der Waals surface area contributed by atoms with E-state index in [9.17, 15) is 4.79 Å². The summed E-state index contributed by atoms with van der Waals surface area (Å²) in [5.74, 6) is 1.74. The summed E-state index contributed by atoms with van der Waals surface area (Å²) in [6.45, 7) is 2.36. The van der Waals surface area contributed by atoms with E-state index in [1.807, 2.05) is 50.4 Å². The van der Waals surface area contributed by atoms with E-state index in [1.54, 1.807) is 32.1 Å². The lowest BCUT2D eigenvalue weighted by molar-refractivity contribution is 0.0945. The van der Waals surface area contributed by atoms with Gasteiger partial charge in [-0.1, -0.05) is 17.7 Å². The number of rotatable bonds is 7. The second kappa shape index (κ2) is 8.68. The molecule has 1 aromatic heterocycles. The van der Waals surface area contributed by atoms with Gasteiger partial charge < -0.3 is 19.5 Å². The molecule has 7 nitrogen and oxygen atoms in total. The molecule has 0 radical (unpaired) electrons. The van der Waals surface area contributed by atoms with Gasteiger partial charge in [0.25, 0.3) is 5.91 Å². The van der Waals surface area contributed by atoms with Gasteiger partial charge in [0.15, 0.2) is 17.2 Å². The summed E-state index contributed by atoms with van der Waals surface area (Å²) in [6.07, 6.45) is 0. The summed E-state index contributed by atoms with van der Waals surface area (Å²) in [5, 5.41) is 7.26. The molecule has 0 fully saturated rings. The Bertz CT molecular complexity index is 1030. The minimum atomic E-state index is -0.256. The Kier molecular flexibility index (Phi) is 6.07. The number of aromatic nitrogens is 2. The average Bonchev–Trinajstić information content (AvgIpc) is 3.13. The third kappa shape index (κ3) is 4.34. The zero-order valence-electron chi connectivity index (χ0n) is 17.3. The van der Waals surface area contributed by atoms with Crippen LogP contribution in [0.1, 0.15) is 21.6 Å². The van der Waals surface area contributed by atoms with Crippen LogP contribution < -0.4 is 19.5 Å². The van der Waals surface area contributed by atoms with Crippen LogP contribution in [0.15, 0.2) is 42.5 Å². The summed E-state index contributed by atoms with van der Waals surface area (Å²) < 4.78 is 17.7. The molecule has 0 aliphatic rings. The third-order valence-electron chi connectivity index (χ3n) is 4.64. The number of carbonyl (C=O) groups is 1. The molecule has 0 unspecified atom stereocenters. The lowest BCUT2D eigenvalue weighted by atomic mass is 10.1. The smallest absolute Gasteiger partial charge is 0.272 e. The van der Waals surface area contributed by atoms with E-state index in [-0.39, 0.29) is 5.91 Å². The highest BCUT2D eigenvalue weighted by Gasteiger charge is 2.17. The van der Waals surface area contributed by atoms with Crippen LogP contribution in [-0.4, -0.2) is 37.0 Å². The first-order valence-electron chi connectivity index (χ1n) is 9.15. The van der Waals surface area contributed by atoms with Gasteiger partial charge in [-0.3, -0.25) is 9.48 Å². The molecular weight excluding hydrogens is 370 g/mol. The van der Waals surface area contributed by atoms with Gasteiger partial charge in [0, 0.05) is 19.2 Å². The van der Waals surface area contributed by atoms with Gasteiger partial charge in [-0.25, -0.2) is 0 Å². The molecule has 0 bridgehead atoms. The predicted molar refractivity (Wildman–Crippen MR) is 111 cm³/mol. The van der Waals surface area contributed by atoms with Crippen molar-refractivity contribution in [3.8, 4) is 28.5 Å². The van der Waals surface area contributed by atoms with Crippen LogP contribution in [0.2, 0.25) is 0 Å². The number of amides is 1. The number of nitrogens with zero attached hydrogens (tertiary/aromatic N) is 2. The van der Waals surface area contributed by atoms with Gasteiger partial charge in [-0.05, 0) is 42.8 Å². The number of hydrogen-bond acceptors (Lipinski definition) is 5. The molecule has 3 aromatic rings. The molecule has 0 spiro atoms. The van der Waals surface area contributed by atoms with Gasteiger partial charge in [0.05, 0.1) is 27.0 Å².